The number of benzene rings is 2. The number of thioether (sulfide) groups is 1. The first kappa shape index (κ1) is 22.0. The molecule has 0 N–H and O–H groups in total. The maximum absolute atomic E-state index is 13.0. The van der Waals surface area contributed by atoms with Gasteiger partial charge in [0.15, 0.2) is 11.5 Å². The van der Waals surface area contributed by atoms with E-state index in [1.807, 2.05) is 0 Å². The molecule has 1 heterocycles. The fraction of sp³-hybridized carbons (Fsp3) is 0.100. The van der Waals surface area contributed by atoms with Crippen molar-refractivity contribution in [2.75, 3.05) is 13.7 Å². The molecule has 1 aliphatic rings. The van der Waals surface area contributed by atoms with Crippen LogP contribution in [0.2, 0.25) is 0 Å². The van der Waals surface area contributed by atoms with Gasteiger partial charge >= 0.3 is 10.1 Å². The minimum Gasteiger partial charge on any atom is -0.493 e. The summed E-state index contributed by atoms with van der Waals surface area (Å²) in [5.74, 6) is -0.688. The van der Waals surface area contributed by atoms with Crippen molar-refractivity contribution < 1.29 is 26.5 Å². The largest absolute Gasteiger partial charge is 0.493 e. The molecular weight excluding hydrogens is 449 g/mol. The molecule has 30 heavy (non-hydrogen) atoms. The number of nitrogens with zero attached hydrogens (tertiary/aromatic N) is 1. The fourth-order valence-corrected chi connectivity index (χ4v) is 4.76. The van der Waals surface area contributed by atoms with Gasteiger partial charge in [-0.05, 0) is 48.0 Å². The van der Waals surface area contributed by atoms with Crippen LogP contribution in [0.4, 0.5) is 4.39 Å². The molecule has 6 nitrogen and oxygen atoms in total. The number of hydrogen-bond acceptors (Lipinski definition) is 7. The third kappa shape index (κ3) is 4.72. The molecule has 3 rings (SSSR count). The molecule has 10 heteroatoms. The van der Waals surface area contributed by atoms with Crippen molar-refractivity contribution in [2.45, 2.75) is 4.90 Å². The smallest absolute Gasteiger partial charge is 0.339 e. The first-order valence-electron chi connectivity index (χ1n) is 8.49. The van der Waals surface area contributed by atoms with E-state index >= 15 is 0 Å². The van der Waals surface area contributed by atoms with Crippen LogP contribution in [0.25, 0.3) is 6.08 Å². The van der Waals surface area contributed by atoms with E-state index in [0.29, 0.717) is 21.3 Å². The molecule has 2 aromatic rings. The van der Waals surface area contributed by atoms with Gasteiger partial charge in [0.25, 0.3) is 5.91 Å². The minimum atomic E-state index is -4.18. The molecular formula is C20H16FNO5S3. The van der Waals surface area contributed by atoms with E-state index in [-0.39, 0.29) is 22.3 Å². The van der Waals surface area contributed by atoms with Crippen molar-refractivity contribution in [1.29, 1.82) is 0 Å². The number of hydrogen-bond donors (Lipinski definition) is 0. The third-order valence-corrected chi connectivity index (χ3v) is 6.60. The van der Waals surface area contributed by atoms with Gasteiger partial charge in [-0.3, -0.25) is 9.69 Å². The summed E-state index contributed by atoms with van der Waals surface area (Å²) in [7, 11) is -2.82. The lowest BCUT2D eigenvalue weighted by molar-refractivity contribution is -0.121. The zero-order valence-electron chi connectivity index (χ0n) is 15.7. The molecule has 1 saturated heterocycles. The molecule has 2 aromatic carbocycles. The number of thiocarbonyl (C=S) groups is 1. The molecule has 0 radical (unpaired) electrons. The number of halogens is 1. The molecule has 1 aliphatic heterocycles. The van der Waals surface area contributed by atoms with Gasteiger partial charge in [-0.1, -0.05) is 36.1 Å². The lowest BCUT2D eigenvalue weighted by Crippen LogP contribution is -2.27. The fourth-order valence-electron chi connectivity index (χ4n) is 2.55. The Morgan fingerprint density at radius 3 is 2.53 bits per heavy atom. The Morgan fingerprint density at radius 2 is 1.90 bits per heavy atom. The Labute approximate surface area is 183 Å². The summed E-state index contributed by atoms with van der Waals surface area (Å²) in [6, 6.07) is 8.80. The van der Waals surface area contributed by atoms with Gasteiger partial charge in [0.1, 0.15) is 15.0 Å². The van der Waals surface area contributed by atoms with E-state index in [1.54, 1.807) is 18.2 Å². The molecule has 1 fully saturated rings. The molecule has 1 amide bonds. The zero-order chi connectivity index (χ0) is 21.9. The van der Waals surface area contributed by atoms with Crippen LogP contribution in [-0.2, 0) is 14.9 Å². The summed E-state index contributed by atoms with van der Waals surface area (Å²) >= 11 is 6.37. The van der Waals surface area contributed by atoms with Crippen LogP contribution >= 0.6 is 24.0 Å². The highest BCUT2D eigenvalue weighted by atomic mass is 32.2. The van der Waals surface area contributed by atoms with E-state index in [4.69, 9.17) is 21.1 Å². The van der Waals surface area contributed by atoms with Crippen molar-refractivity contribution in [3.8, 4) is 11.5 Å². The zero-order valence-corrected chi connectivity index (χ0v) is 18.2. The third-order valence-electron chi connectivity index (χ3n) is 3.97. The van der Waals surface area contributed by atoms with Gasteiger partial charge in [0.2, 0.25) is 0 Å². The van der Waals surface area contributed by atoms with E-state index < -0.39 is 15.9 Å². The molecule has 0 spiro atoms. The molecule has 0 saturated carbocycles. The second-order valence-corrected chi connectivity index (χ2v) is 9.20. The topological polar surface area (TPSA) is 72.9 Å². The monoisotopic (exact) mass is 465 g/mol. The average Bonchev–Trinajstić information content (AvgIpc) is 2.97. The van der Waals surface area contributed by atoms with E-state index in [0.717, 1.165) is 24.3 Å². The first-order chi connectivity index (χ1) is 14.2. The molecule has 0 aromatic heterocycles. The molecule has 0 unspecified atom stereocenters. The molecule has 0 bridgehead atoms. The highest BCUT2D eigenvalue weighted by Gasteiger charge is 2.31. The van der Waals surface area contributed by atoms with Gasteiger partial charge in [-0.15, -0.1) is 6.58 Å². The van der Waals surface area contributed by atoms with Crippen LogP contribution in [0.5, 0.6) is 11.5 Å². The second kappa shape index (κ2) is 8.99. The van der Waals surface area contributed by atoms with E-state index in [1.165, 1.54) is 35.9 Å². The average molecular weight is 466 g/mol. The van der Waals surface area contributed by atoms with Crippen LogP contribution in [0, 0.1) is 5.82 Å². The van der Waals surface area contributed by atoms with Gasteiger partial charge < -0.3 is 8.92 Å². The number of carbonyl (C=O) groups is 1. The Balaban J connectivity index is 1.87. The maximum atomic E-state index is 13.0. The summed E-state index contributed by atoms with van der Waals surface area (Å²) < 4.78 is 48.7. The van der Waals surface area contributed by atoms with Crippen LogP contribution in [-0.4, -0.2) is 37.2 Å². The standard InChI is InChI=1S/C20H16FNO5S3/c1-3-10-22-19(23)18(29-20(22)28)12-13-4-9-16(17(11-13)26-2)27-30(24,25)15-7-5-14(21)6-8-15/h3-9,11-12H,1,10H2,2H3/b18-12-. The number of carbonyl (C=O) groups excluding carboxylic acids is 1. The Bertz CT molecular complexity index is 1140. The molecule has 0 aliphatic carbocycles. The van der Waals surface area contributed by atoms with Crippen LogP contribution in [0.15, 0.2) is 64.9 Å². The van der Waals surface area contributed by atoms with Crippen LogP contribution < -0.4 is 8.92 Å². The number of rotatable bonds is 7. The van der Waals surface area contributed by atoms with Crippen molar-refractivity contribution in [2.24, 2.45) is 0 Å². The maximum Gasteiger partial charge on any atom is 0.339 e. The summed E-state index contributed by atoms with van der Waals surface area (Å²) in [6.07, 6.45) is 3.22. The van der Waals surface area contributed by atoms with Crippen LogP contribution in [0.1, 0.15) is 5.56 Å². The van der Waals surface area contributed by atoms with Crippen molar-refractivity contribution in [3.63, 3.8) is 0 Å². The van der Waals surface area contributed by atoms with Gasteiger partial charge in [-0.25, -0.2) is 4.39 Å². The van der Waals surface area contributed by atoms with Gasteiger partial charge in [-0.2, -0.15) is 8.42 Å². The lowest BCUT2D eigenvalue weighted by atomic mass is 10.2. The highest BCUT2D eigenvalue weighted by molar-refractivity contribution is 8.26. The van der Waals surface area contributed by atoms with Crippen molar-refractivity contribution in [1.82, 2.24) is 4.90 Å². The van der Waals surface area contributed by atoms with Gasteiger partial charge in [0, 0.05) is 6.54 Å². The van der Waals surface area contributed by atoms with Crippen LogP contribution in [0.3, 0.4) is 0 Å². The summed E-state index contributed by atoms with van der Waals surface area (Å²) in [4.78, 5) is 14.1. The quantitative estimate of drug-likeness (QED) is 0.265. The van der Waals surface area contributed by atoms with Crippen molar-refractivity contribution in [3.05, 3.63) is 71.4 Å². The number of amides is 1. The Hall–Kier alpha value is -2.69. The van der Waals surface area contributed by atoms with E-state index in [9.17, 15) is 17.6 Å². The Kier molecular flexibility index (Phi) is 6.59. The SMILES string of the molecule is C=CCN1C(=O)/C(=C/c2ccc(OS(=O)(=O)c3ccc(F)cc3)c(OC)c2)SC1=S. The number of ether oxygens (including phenoxy) is 1. The second-order valence-electron chi connectivity index (χ2n) is 5.98. The summed E-state index contributed by atoms with van der Waals surface area (Å²) in [5, 5.41) is 0. The minimum absolute atomic E-state index is 0.0434. The molecule has 156 valence electrons. The highest BCUT2D eigenvalue weighted by Crippen LogP contribution is 2.35. The first-order valence-corrected chi connectivity index (χ1v) is 11.1. The van der Waals surface area contributed by atoms with E-state index in [2.05, 4.69) is 6.58 Å². The summed E-state index contributed by atoms with van der Waals surface area (Å²) in [5.41, 5.74) is 0.595. The van der Waals surface area contributed by atoms with Gasteiger partial charge in [0.05, 0.1) is 12.0 Å². The predicted molar refractivity (Wildman–Crippen MR) is 117 cm³/mol. The van der Waals surface area contributed by atoms with Crippen molar-refractivity contribution >= 4 is 50.4 Å². The Morgan fingerprint density at radius 1 is 1.20 bits per heavy atom. The summed E-state index contributed by atoms with van der Waals surface area (Å²) in [6.45, 7) is 3.93. The lowest BCUT2D eigenvalue weighted by Gasteiger charge is -2.12. The molecule has 0 atom stereocenters. The normalized spacial score (nSPS) is 15.5. The predicted octanol–water partition coefficient (Wildman–Crippen LogP) is 3.99. The number of methoxy groups -OCH3 is 1.